The third-order valence-corrected chi connectivity index (χ3v) is 8.14. The minimum Gasteiger partial charge on any atom is -0.481 e. The molecule has 3 heterocycles. The van der Waals surface area contributed by atoms with Crippen molar-refractivity contribution in [2.45, 2.75) is 25.4 Å². The van der Waals surface area contributed by atoms with E-state index in [-0.39, 0.29) is 11.9 Å². The van der Waals surface area contributed by atoms with Gasteiger partial charge in [-0.1, -0.05) is 77.8 Å². The van der Waals surface area contributed by atoms with Crippen LogP contribution in [0.4, 0.5) is 0 Å². The molecule has 0 spiro atoms. The van der Waals surface area contributed by atoms with Crippen LogP contribution in [0.15, 0.2) is 79.0 Å². The van der Waals surface area contributed by atoms with Crippen molar-refractivity contribution in [1.82, 2.24) is 20.6 Å². The van der Waals surface area contributed by atoms with E-state index in [4.69, 9.17) is 32.9 Å². The summed E-state index contributed by atoms with van der Waals surface area (Å²) < 4.78 is 5.62. The summed E-state index contributed by atoms with van der Waals surface area (Å²) in [6.45, 7) is 1.26. The lowest BCUT2D eigenvalue weighted by Gasteiger charge is -2.16. The first kappa shape index (κ1) is 27.2. The smallest absolute Gasteiger partial charge is 0.220 e. The van der Waals surface area contributed by atoms with E-state index in [1.165, 1.54) is 0 Å². The van der Waals surface area contributed by atoms with Gasteiger partial charge >= 0.3 is 0 Å². The average molecular weight is 583 g/mol. The third-order valence-electron chi connectivity index (χ3n) is 7.33. The van der Waals surface area contributed by atoms with Crippen LogP contribution in [0.5, 0.6) is 5.88 Å². The number of fused-ring (bicyclic) bond motifs is 1. The molecule has 41 heavy (non-hydrogen) atoms. The molecule has 1 fully saturated rings. The lowest BCUT2D eigenvalue weighted by Crippen LogP contribution is -2.35. The Morgan fingerprint density at radius 1 is 1.02 bits per heavy atom. The number of methoxy groups -OCH3 is 1. The molecule has 0 unspecified atom stereocenters. The first-order valence-electron chi connectivity index (χ1n) is 13.4. The number of hydrogen-bond acceptors (Lipinski definition) is 5. The van der Waals surface area contributed by atoms with E-state index < -0.39 is 0 Å². The van der Waals surface area contributed by atoms with E-state index in [1.54, 1.807) is 7.11 Å². The molecule has 0 saturated carbocycles. The zero-order valence-electron chi connectivity index (χ0n) is 22.4. The summed E-state index contributed by atoms with van der Waals surface area (Å²) in [5, 5.41) is 8.53. The molecule has 6 rings (SSSR count). The third kappa shape index (κ3) is 5.64. The van der Waals surface area contributed by atoms with Gasteiger partial charge in [0.25, 0.3) is 0 Å². The van der Waals surface area contributed by atoms with E-state index in [0.29, 0.717) is 41.1 Å². The molecule has 205 valence electrons. The number of carbonyl (C=O) groups is 1. The molecule has 1 aliphatic heterocycles. The Hall–Kier alpha value is -3.97. The fourth-order valence-electron chi connectivity index (χ4n) is 5.20. The number of carbonyl (C=O) groups excluding carboxylic acids is 1. The molecule has 3 aromatic carbocycles. The zero-order valence-corrected chi connectivity index (χ0v) is 23.9. The van der Waals surface area contributed by atoms with E-state index in [1.807, 2.05) is 72.9 Å². The molecule has 1 saturated heterocycles. The van der Waals surface area contributed by atoms with Crippen LogP contribution >= 0.6 is 23.2 Å². The molecule has 1 atom stereocenters. The van der Waals surface area contributed by atoms with Crippen molar-refractivity contribution in [3.05, 3.63) is 101 Å². The Balaban J connectivity index is 1.29. The van der Waals surface area contributed by atoms with E-state index in [9.17, 15) is 4.79 Å². The molecule has 1 aliphatic rings. The molecule has 2 N–H and O–H groups in total. The summed E-state index contributed by atoms with van der Waals surface area (Å²) >= 11 is 14.0. The number of halogens is 2. The summed E-state index contributed by atoms with van der Waals surface area (Å²) in [6.07, 6.45) is 3.26. The molecule has 5 aromatic rings. The van der Waals surface area contributed by atoms with Crippen LogP contribution in [0.3, 0.4) is 0 Å². The van der Waals surface area contributed by atoms with Gasteiger partial charge in [0.1, 0.15) is 0 Å². The lowest BCUT2D eigenvalue weighted by molar-refractivity contribution is -0.119. The normalized spacial score (nSPS) is 14.8. The maximum Gasteiger partial charge on any atom is 0.220 e. The van der Waals surface area contributed by atoms with Crippen LogP contribution in [0, 0.1) is 6.07 Å². The van der Waals surface area contributed by atoms with Gasteiger partial charge < -0.3 is 15.4 Å². The van der Waals surface area contributed by atoms with Gasteiger partial charge in [0.2, 0.25) is 11.8 Å². The minimum atomic E-state index is 0.108. The predicted octanol–water partition coefficient (Wildman–Crippen LogP) is 7.11. The molecular formula is C33H27Cl2N4O2. The second-order valence-electron chi connectivity index (χ2n) is 9.98. The van der Waals surface area contributed by atoms with Crippen molar-refractivity contribution >= 4 is 40.0 Å². The second-order valence-corrected chi connectivity index (χ2v) is 10.7. The number of ether oxygens (including phenoxy) is 1. The maximum absolute atomic E-state index is 11.5. The van der Waals surface area contributed by atoms with Crippen molar-refractivity contribution in [1.29, 1.82) is 0 Å². The van der Waals surface area contributed by atoms with Crippen LogP contribution in [-0.4, -0.2) is 35.6 Å². The molecule has 6 nitrogen and oxygen atoms in total. The second kappa shape index (κ2) is 11.9. The Kier molecular flexibility index (Phi) is 7.88. The molecule has 1 radical (unpaired) electrons. The highest BCUT2D eigenvalue weighted by Gasteiger charge is 2.21. The Morgan fingerprint density at radius 3 is 2.54 bits per heavy atom. The van der Waals surface area contributed by atoms with E-state index >= 15 is 0 Å². The Bertz CT molecular complexity index is 1760. The van der Waals surface area contributed by atoms with Crippen molar-refractivity contribution in [3.8, 4) is 39.4 Å². The molecule has 1 amide bonds. The van der Waals surface area contributed by atoms with Crippen LogP contribution in [0.25, 0.3) is 44.4 Å². The van der Waals surface area contributed by atoms with Crippen LogP contribution in [-0.2, 0) is 11.3 Å². The quantitative estimate of drug-likeness (QED) is 0.204. The number of pyridine rings is 2. The van der Waals surface area contributed by atoms with Crippen molar-refractivity contribution in [3.63, 3.8) is 0 Å². The number of aromatic nitrogens is 2. The lowest BCUT2D eigenvalue weighted by atomic mass is 9.97. The highest BCUT2D eigenvalue weighted by molar-refractivity contribution is 6.39. The topological polar surface area (TPSA) is 76.1 Å². The zero-order chi connectivity index (χ0) is 28.3. The van der Waals surface area contributed by atoms with Gasteiger partial charge in [-0.05, 0) is 30.7 Å². The highest BCUT2D eigenvalue weighted by Crippen LogP contribution is 2.42. The van der Waals surface area contributed by atoms with Gasteiger partial charge in [-0.15, -0.1) is 0 Å². The number of benzene rings is 3. The van der Waals surface area contributed by atoms with Gasteiger partial charge in [0.15, 0.2) is 0 Å². The van der Waals surface area contributed by atoms with Crippen molar-refractivity contribution in [2.24, 2.45) is 0 Å². The molecule has 0 aliphatic carbocycles. The van der Waals surface area contributed by atoms with Gasteiger partial charge in [0, 0.05) is 70.5 Å². The number of rotatable bonds is 8. The fourth-order valence-corrected chi connectivity index (χ4v) is 5.86. The van der Waals surface area contributed by atoms with Gasteiger partial charge in [-0.25, -0.2) is 4.98 Å². The van der Waals surface area contributed by atoms with Crippen molar-refractivity contribution < 1.29 is 9.53 Å². The maximum atomic E-state index is 11.5. The summed E-state index contributed by atoms with van der Waals surface area (Å²) in [5.74, 6) is 0.630. The first-order valence-corrected chi connectivity index (χ1v) is 14.2. The summed E-state index contributed by atoms with van der Waals surface area (Å²) in [6, 6.07) is 26.7. The number of hydrogen-bond donors (Lipinski definition) is 2. The van der Waals surface area contributed by atoms with Gasteiger partial charge in [-0.3, -0.25) is 9.78 Å². The summed E-state index contributed by atoms with van der Waals surface area (Å²) in [7, 11) is 1.61. The summed E-state index contributed by atoms with van der Waals surface area (Å²) in [4.78, 5) is 20.8. The molecule has 0 bridgehead atoms. The Morgan fingerprint density at radius 2 is 1.78 bits per heavy atom. The fraction of sp³-hybridized carbons (Fsp3) is 0.182. The molecule has 8 heteroatoms. The van der Waals surface area contributed by atoms with Crippen molar-refractivity contribution in [2.75, 3.05) is 13.7 Å². The standard InChI is InChI=1S/C33H27Cl2N4O2/c1-41-33-21(17-36-19-23-13-15-30(40)38-23)12-14-29(39-33)27-10-5-9-26(32(27)35)25-8-4-7-24(31(25)34)22-16-20-6-2-3-11-28(20)37-18-22/h2,4-12,14,16,18,23,36H,13,15,17,19H2,1H3,(H,38,40)/t23-/m0/s1. The van der Waals surface area contributed by atoms with E-state index in [0.717, 1.165) is 50.7 Å². The summed E-state index contributed by atoms with van der Waals surface area (Å²) in [5.41, 5.74) is 6.71. The Labute approximate surface area is 248 Å². The number of nitrogens with one attached hydrogen (secondary N) is 2. The predicted molar refractivity (Wildman–Crippen MR) is 164 cm³/mol. The molecular weight excluding hydrogens is 555 g/mol. The first-order chi connectivity index (χ1) is 20.0. The molecule has 2 aromatic heterocycles. The average Bonchev–Trinajstić information content (AvgIpc) is 3.42. The van der Waals surface area contributed by atoms with Gasteiger partial charge in [-0.2, -0.15) is 0 Å². The van der Waals surface area contributed by atoms with Gasteiger partial charge in [0.05, 0.1) is 28.4 Å². The monoisotopic (exact) mass is 581 g/mol. The minimum absolute atomic E-state index is 0.108. The van der Waals surface area contributed by atoms with E-state index in [2.05, 4.69) is 27.8 Å². The van der Waals surface area contributed by atoms with Crippen LogP contribution < -0.4 is 15.4 Å². The number of nitrogens with zero attached hydrogens (tertiary/aromatic N) is 2. The largest absolute Gasteiger partial charge is 0.481 e. The SMILES string of the molecule is COc1nc(-c2cccc(-c3cccc(-c4cnc5c[c]ccc5c4)c3Cl)c2Cl)ccc1CNC[C@@H]1CCC(=O)N1. The van der Waals surface area contributed by atoms with Crippen LogP contribution in [0.2, 0.25) is 10.0 Å². The number of amides is 1. The highest BCUT2D eigenvalue weighted by atomic mass is 35.5. The van der Waals surface area contributed by atoms with Crippen LogP contribution in [0.1, 0.15) is 18.4 Å².